The van der Waals surface area contributed by atoms with Crippen molar-refractivity contribution in [3.63, 3.8) is 0 Å². The van der Waals surface area contributed by atoms with Gasteiger partial charge in [-0.1, -0.05) is 149 Å². The molecule has 0 bridgehead atoms. The summed E-state index contributed by atoms with van der Waals surface area (Å²) in [6.07, 6.45) is 28.1. The number of carbonyl (C=O) groups is 2. The average Bonchev–Trinajstić information content (AvgIpc) is 3.36. The fourth-order valence-electron chi connectivity index (χ4n) is 9.81. The summed E-state index contributed by atoms with van der Waals surface area (Å²) in [5.41, 5.74) is 0.623. The van der Waals surface area contributed by atoms with Crippen molar-refractivity contribution in [3.05, 3.63) is 94.0 Å². The number of fused-ring (bicyclic) bond motifs is 1. The normalized spacial score (nSPS) is 12.6. The van der Waals surface area contributed by atoms with Crippen LogP contribution in [0.5, 0.6) is 28.7 Å². The third-order valence-electron chi connectivity index (χ3n) is 13.8. The van der Waals surface area contributed by atoms with Crippen LogP contribution < -0.4 is 23.7 Å². The van der Waals surface area contributed by atoms with Gasteiger partial charge in [-0.25, -0.2) is 9.59 Å². The summed E-state index contributed by atoms with van der Waals surface area (Å²) < 4.78 is 37.2. The Bertz CT molecular complexity index is 2260. The number of esters is 2. The van der Waals surface area contributed by atoms with Crippen molar-refractivity contribution < 1.29 is 42.3 Å². The first-order chi connectivity index (χ1) is 35.6. The molecule has 2 atom stereocenters. The minimum absolute atomic E-state index is 0.0702. The molecule has 4 aromatic carbocycles. The van der Waals surface area contributed by atoms with Gasteiger partial charge in [0.2, 0.25) is 0 Å². The van der Waals surface area contributed by atoms with Crippen LogP contribution >= 0.6 is 0 Å². The Morgan fingerprint density at radius 2 is 0.946 bits per heavy atom. The number of rotatable bonds is 39. The van der Waals surface area contributed by atoms with Gasteiger partial charge >= 0.3 is 17.6 Å². The zero-order valence-electron chi connectivity index (χ0n) is 47.0. The fourth-order valence-corrected chi connectivity index (χ4v) is 18.6. The largest absolute Gasteiger partial charge is 0.494 e. The summed E-state index contributed by atoms with van der Waals surface area (Å²) >= 11 is 0. The quantitative estimate of drug-likeness (QED) is 0.0106. The monoisotopic (exact) mass is 1060 g/mol. The maximum absolute atomic E-state index is 14.0. The van der Waals surface area contributed by atoms with E-state index >= 15 is 0 Å². The number of hydrogen-bond donors (Lipinski definition) is 0. The fraction of sp³-hybridized carbons (Fsp3) is 0.607. The van der Waals surface area contributed by atoms with Crippen molar-refractivity contribution in [3.8, 4) is 28.7 Å². The first-order valence-electron chi connectivity index (χ1n) is 28.6. The molecule has 0 aliphatic rings. The number of nitro groups is 1. The molecule has 410 valence electrons. The van der Waals surface area contributed by atoms with E-state index in [1.54, 1.807) is 54.6 Å². The first-order valence-corrected chi connectivity index (χ1v) is 35.0. The zero-order valence-corrected chi connectivity index (χ0v) is 49.0. The van der Waals surface area contributed by atoms with Crippen molar-refractivity contribution >= 4 is 45.0 Å². The average molecular weight is 1060 g/mol. The van der Waals surface area contributed by atoms with Gasteiger partial charge in [0.05, 0.1) is 40.8 Å². The minimum atomic E-state index is -2.02. The third-order valence-corrected chi connectivity index (χ3v) is 20.9. The Labute approximate surface area is 447 Å². The molecular formula is C61H93NO10Si2. The summed E-state index contributed by atoms with van der Waals surface area (Å²) in [6.45, 7) is 21.1. The second-order valence-electron chi connectivity index (χ2n) is 21.9. The highest BCUT2D eigenvalue weighted by atomic mass is 28.4. The molecule has 0 amide bonds. The van der Waals surface area contributed by atoms with Gasteiger partial charge in [0.15, 0.2) is 33.9 Å². The summed E-state index contributed by atoms with van der Waals surface area (Å²) in [7, 11) is -3.78. The van der Waals surface area contributed by atoms with Crippen molar-refractivity contribution in [2.75, 3.05) is 13.2 Å². The van der Waals surface area contributed by atoms with E-state index in [0.29, 0.717) is 36.7 Å². The van der Waals surface area contributed by atoms with E-state index in [-0.39, 0.29) is 50.9 Å². The van der Waals surface area contributed by atoms with Crippen molar-refractivity contribution in [1.29, 1.82) is 0 Å². The molecule has 0 aliphatic carbocycles. The molecule has 0 saturated heterocycles. The number of hydrogen-bond acceptors (Lipinski definition) is 10. The highest BCUT2D eigenvalue weighted by Crippen LogP contribution is 2.45. The molecule has 0 saturated carbocycles. The molecule has 1 unspecified atom stereocenters. The van der Waals surface area contributed by atoms with Crippen LogP contribution in [0.15, 0.2) is 72.8 Å². The van der Waals surface area contributed by atoms with Gasteiger partial charge < -0.3 is 27.8 Å². The van der Waals surface area contributed by atoms with Crippen LogP contribution in [0.3, 0.4) is 0 Å². The highest BCUT2D eigenvalue weighted by Gasteiger charge is 2.37. The zero-order chi connectivity index (χ0) is 53.8. The molecule has 0 heterocycles. The van der Waals surface area contributed by atoms with Crippen LogP contribution in [-0.4, -0.2) is 52.8 Å². The Balaban J connectivity index is 1.49. The van der Waals surface area contributed by atoms with Gasteiger partial charge in [-0.2, -0.15) is 0 Å². The van der Waals surface area contributed by atoms with Crippen LogP contribution in [0.2, 0.25) is 38.3 Å². The Morgan fingerprint density at radius 1 is 0.514 bits per heavy atom. The van der Waals surface area contributed by atoms with Gasteiger partial charge in [0.25, 0.3) is 0 Å². The molecule has 0 aromatic heterocycles. The topological polar surface area (TPSA) is 133 Å². The van der Waals surface area contributed by atoms with Crippen LogP contribution in [0, 0.1) is 10.1 Å². The number of unbranched alkanes of at least 4 members (excludes halogenated alkanes) is 18. The standard InChI is InChI=1S/C61H93NO10Si2/c1-10-13-15-17-19-21-23-25-27-29-46-67-51-37-33-49(34-38-51)60(63)70-57-45-42-54-55(43-44-56(58(54)62(65)66)69-48(4)32-41-53(31-12-3)74(8,9)72-73(5,6)7)59(57)71-61(64)50-35-39-52(40-36-50)68-47-30-28-26-24-22-20-18-16-14-11-2/h33-40,42-45,48,53H,10-32,41,46-47H2,1-9H3/t48?,53-/m1/s1. The summed E-state index contributed by atoms with van der Waals surface area (Å²) in [5, 5.41) is 13.3. The van der Waals surface area contributed by atoms with E-state index in [2.05, 4.69) is 53.5 Å². The van der Waals surface area contributed by atoms with E-state index in [4.69, 9.17) is 27.8 Å². The molecule has 0 aliphatic heterocycles. The van der Waals surface area contributed by atoms with Gasteiger partial charge in [-0.3, -0.25) is 10.1 Å². The van der Waals surface area contributed by atoms with Gasteiger partial charge in [-0.05, 0) is 144 Å². The predicted octanol–water partition coefficient (Wildman–Crippen LogP) is 18.6. The van der Waals surface area contributed by atoms with Crippen LogP contribution in [-0.2, 0) is 4.12 Å². The van der Waals surface area contributed by atoms with Gasteiger partial charge in [-0.15, -0.1) is 0 Å². The number of nitrogens with zero attached hydrogens (tertiary/aromatic N) is 1. The van der Waals surface area contributed by atoms with Crippen molar-refractivity contribution in [1.82, 2.24) is 0 Å². The van der Waals surface area contributed by atoms with Crippen LogP contribution in [0.1, 0.15) is 203 Å². The van der Waals surface area contributed by atoms with Crippen molar-refractivity contribution in [2.45, 2.75) is 226 Å². The summed E-state index contributed by atoms with van der Waals surface area (Å²) in [5.74, 6) is -0.243. The predicted molar refractivity (Wildman–Crippen MR) is 308 cm³/mol. The number of carbonyl (C=O) groups excluding carboxylic acids is 2. The van der Waals surface area contributed by atoms with E-state index < -0.39 is 33.5 Å². The van der Waals surface area contributed by atoms with E-state index in [9.17, 15) is 19.7 Å². The molecule has 4 rings (SSSR count). The Hall–Kier alpha value is -4.73. The lowest BCUT2D eigenvalue weighted by Gasteiger charge is -2.38. The molecular weight excluding hydrogens is 963 g/mol. The van der Waals surface area contributed by atoms with Gasteiger partial charge in [0.1, 0.15) is 11.5 Å². The Morgan fingerprint density at radius 3 is 1.39 bits per heavy atom. The lowest BCUT2D eigenvalue weighted by Crippen LogP contribution is -2.46. The molecule has 0 radical (unpaired) electrons. The van der Waals surface area contributed by atoms with Crippen LogP contribution in [0.4, 0.5) is 5.69 Å². The number of benzene rings is 4. The third kappa shape index (κ3) is 22.2. The van der Waals surface area contributed by atoms with Gasteiger partial charge in [0, 0.05) is 5.39 Å². The SMILES string of the molecule is CCCCCCCCCCCCOc1ccc(C(=O)Oc2ccc3c([N+](=O)[O-])c(OC(C)CC[C@@H](CCC)[Si](C)(C)O[Si](C)(C)C)ccc3c2OC(=O)c2ccc(OCCCCCCCCCCCC)cc2)cc1. The summed E-state index contributed by atoms with van der Waals surface area (Å²) in [6, 6.07) is 19.5. The molecule has 11 nitrogen and oxygen atoms in total. The Kier molecular flexibility index (Phi) is 27.8. The van der Waals surface area contributed by atoms with Crippen LogP contribution in [0.25, 0.3) is 10.8 Å². The second-order valence-corrected chi connectivity index (χ2v) is 30.9. The van der Waals surface area contributed by atoms with Crippen molar-refractivity contribution in [2.24, 2.45) is 0 Å². The summed E-state index contributed by atoms with van der Waals surface area (Å²) in [4.78, 5) is 40.2. The van der Waals surface area contributed by atoms with E-state index in [1.165, 1.54) is 121 Å². The van der Waals surface area contributed by atoms with E-state index in [0.717, 1.165) is 44.9 Å². The molecule has 4 aromatic rings. The van der Waals surface area contributed by atoms with E-state index in [1.807, 2.05) is 6.92 Å². The molecule has 0 N–H and O–H groups in total. The maximum atomic E-state index is 14.0. The molecule has 0 fully saturated rings. The molecule has 0 spiro atoms. The lowest BCUT2D eigenvalue weighted by molar-refractivity contribution is -0.384. The number of nitro benzene ring substituents is 1. The lowest BCUT2D eigenvalue weighted by atomic mass is 10.1. The minimum Gasteiger partial charge on any atom is -0.494 e. The maximum Gasteiger partial charge on any atom is 0.343 e. The number of ether oxygens (including phenoxy) is 5. The second kappa shape index (κ2) is 33.3. The first kappa shape index (κ1) is 61.8. The molecule has 74 heavy (non-hydrogen) atoms. The smallest absolute Gasteiger partial charge is 0.343 e. The highest BCUT2D eigenvalue weighted by molar-refractivity contribution is 6.85. The molecule has 13 heteroatoms.